The molecule has 0 saturated carbocycles. The Bertz CT molecular complexity index is 337. The van der Waals surface area contributed by atoms with Gasteiger partial charge in [0.25, 0.3) is 0 Å². The first kappa shape index (κ1) is 12.2. The van der Waals surface area contributed by atoms with Crippen LogP contribution in [-0.2, 0) is 0 Å². The number of ether oxygens (including phenoxy) is 1. The first-order valence-corrected chi connectivity index (χ1v) is 6.33. The lowest BCUT2D eigenvalue weighted by Gasteiger charge is -2.22. The summed E-state index contributed by atoms with van der Waals surface area (Å²) in [5.74, 6) is 2.51. The minimum Gasteiger partial charge on any atom is -0.493 e. The number of nitrogens with one attached hydrogen (secondary N) is 2. The zero-order chi connectivity index (χ0) is 11.9. The van der Waals surface area contributed by atoms with E-state index in [2.05, 4.69) is 15.6 Å². The van der Waals surface area contributed by atoms with Crippen LogP contribution in [0.3, 0.4) is 0 Å². The van der Waals surface area contributed by atoms with Crippen LogP contribution in [0.1, 0.15) is 19.3 Å². The summed E-state index contributed by atoms with van der Waals surface area (Å²) >= 11 is 0. The Balaban J connectivity index is 1.77. The minimum atomic E-state index is 0.817. The molecule has 0 unspecified atom stereocenters. The van der Waals surface area contributed by atoms with Gasteiger partial charge in [-0.05, 0) is 50.4 Å². The molecule has 0 spiro atoms. The minimum absolute atomic E-state index is 0.817. The molecule has 17 heavy (non-hydrogen) atoms. The van der Waals surface area contributed by atoms with Crippen molar-refractivity contribution in [2.45, 2.75) is 19.3 Å². The third kappa shape index (κ3) is 3.60. The van der Waals surface area contributed by atoms with Gasteiger partial charge in [0, 0.05) is 12.7 Å². The van der Waals surface area contributed by atoms with Crippen LogP contribution in [-0.4, -0.2) is 31.7 Å². The zero-order valence-electron chi connectivity index (χ0n) is 10.4. The van der Waals surface area contributed by atoms with Crippen LogP contribution in [0, 0.1) is 5.92 Å². The molecular formula is C13H21N3O. The van der Waals surface area contributed by atoms with E-state index in [4.69, 9.17) is 4.74 Å². The van der Waals surface area contributed by atoms with Crippen molar-refractivity contribution in [3.63, 3.8) is 0 Å². The van der Waals surface area contributed by atoms with Crippen LogP contribution in [0.2, 0.25) is 0 Å². The van der Waals surface area contributed by atoms with E-state index in [0.717, 1.165) is 37.1 Å². The predicted molar refractivity (Wildman–Crippen MR) is 69.5 cm³/mol. The molecule has 1 aliphatic rings. The molecule has 2 heterocycles. The summed E-state index contributed by atoms with van der Waals surface area (Å²) in [5, 5.41) is 6.74. The largest absolute Gasteiger partial charge is 0.493 e. The highest BCUT2D eigenvalue weighted by Gasteiger charge is 2.12. The van der Waals surface area contributed by atoms with Crippen molar-refractivity contribution in [2.24, 2.45) is 5.92 Å². The molecule has 94 valence electrons. The molecule has 1 aromatic heterocycles. The van der Waals surface area contributed by atoms with E-state index < -0.39 is 0 Å². The summed E-state index contributed by atoms with van der Waals surface area (Å²) in [5.41, 5.74) is 0. The van der Waals surface area contributed by atoms with Crippen LogP contribution in [0.5, 0.6) is 5.75 Å². The lowest BCUT2D eigenvalue weighted by Crippen LogP contribution is -2.28. The molecule has 1 saturated heterocycles. The molecule has 0 aliphatic carbocycles. The molecule has 1 fully saturated rings. The molecule has 0 atom stereocenters. The third-order valence-corrected chi connectivity index (χ3v) is 3.29. The molecule has 0 bridgehead atoms. The van der Waals surface area contributed by atoms with Crippen molar-refractivity contribution < 1.29 is 4.74 Å². The molecular weight excluding hydrogens is 214 g/mol. The lowest BCUT2D eigenvalue weighted by atomic mass is 9.95. The van der Waals surface area contributed by atoms with Gasteiger partial charge >= 0.3 is 0 Å². The van der Waals surface area contributed by atoms with E-state index in [1.807, 2.05) is 12.1 Å². The normalized spacial score (nSPS) is 16.8. The average Bonchev–Trinajstić information content (AvgIpc) is 2.40. The number of hydrogen-bond acceptors (Lipinski definition) is 4. The summed E-state index contributed by atoms with van der Waals surface area (Å²) in [6, 6.07) is 3.82. The first-order valence-electron chi connectivity index (χ1n) is 6.33. The number of piperidine rings is 1. The Hall–Kier alpha value is -1.29. The van der Waals surface area contributed by atoms with Crippen LogP contribution in [0.25, 0.3) is 0 Å². The van der Waals surface area contributed by atoms with Crippen molar-refractivity contribution in [1.82, 2.24) is 10.3 Å². The molecule has 1 aromatic rings. The summed E-state index contributed by atoms with van der Waals surface area (Å²) in [7, 11) is 1.68. The van der Waals surface area contributed by atoms with Crippen LogP contribution in [0.4, 0.5) is 5.82 Å². The van der Waals surface area contributed by atoms with Gasteiger partial charge in [-0.3, -0.25) is 0 Å². The molecule has 4 nitrogen and oxygen atoms in total. The van der Waals surface area contributed by atoms with Crippen molar-refractivity contribution in [3.05, 3.63) is 18.3 Å². The number of aromatic nitrogens is 1. The van der Waals surface area contributed by atoms with Crippen molar-refractivity contribution in [2.75, 3.05) is 32.1 Å². The van der Waals surface area contributed by atoms with Crippen LogP contribution >= 0.6 is 0 Å². The Morgan fingerprint density at radius 3 is 3.06 bits per heavy atom. The van der Waals surface area contributed by atoms with E-state index in [0.29, 0.717) is 0 Å². The Labute approximate surface area is 103 Å². The van der Waals surface area contributed by atoms with E-state index in [1.165, 1.54) is 19.3 Å². The first-order chi connectivity index (χ1) is 8.40. The van der Waals surface area contributed by atoms with Crippen LogP contribution in [0.15, 0.2) is 18.3 Å². The van der Waals surface area contributed by atoms with E-state index in [1.54, 1.807) is 13.3 Å². The standard InChI is InChI=1S/C13H21N3O/c1-17-12-3-2-7-15-13(12)16-10-6-11-4-8-14-9-5-11/h2-3,7,11,14H,4-6,8-10H2,1H3,(H,15,16). The predicted octanol–water partition coefficient (Wildman–Crippen LogP) is 1.89. The van der Waals surface area contributed by atoms with E-state index in [-0.39, 0.29) is 0 Å². The maximum absolute atomic E-state index is 5.25. The van der Waals surface area contributed by atoms with Gasteiger partial charge in [0.1, 0.15) is 0 Å². The van der Waals surface area contributed by atoms with Gasteiger partial charge < -0.3 is 15.4 Å². The highest BCUT2D eigenvalue weighted by atomic mass is 16.5. The number of nitrogens with zero attached hydrogens (tertiary/aromatic N) is 1. The third-order valence-electron chi connectivity index (χ3n) is 3.29. The fraction of sp³-hybridized carbons (Fsp3) is 0.615. The van der Waals surface area contributed by atoms with E-state index >= 15 is 0 Å². The maximum Gasteiger partial charge on any atom is 0.168 e. The topological polar surface area (TPSA) is 46.2 Å². The van der Waals surface area contributed by atoms with Gasteiger partial charge in [-0.2, -0.15) is 0 Å². The highest BCUT2D eigenvalue weighted by molar-refractivity contribution is 5.49. The van der Waals surface area contributed by atoms with Gasteiger partial charge in [0.05, 0.1) is 7.11 Å². The zero-order valence-corrected chi connectivity index (χ0v) is 10.4. The summed E-state index contributed by atoms with van der Waals surface area (Å²) < 4.78 is 5.25. The molecule has 0 amide bonds. The number of anilines is 1. The van der Waals surface area contributed by atoms with Gasteiger partial charge in [-0.1, -0.05) is 0 Å². The maximum atomic E-state index is 5.25. The SMILES string of the molecule is COc1cccnc1NCCC1CCNCC1. The second-order valence-corrected chi connectivity index (χ2v) is 4.46. The lowest BCUT2D eigenvalue weighted by molar-refractivity contribution is 0.360. The van der Waals surface area contributed by atoms with Gasteiger partial charge in [-0.25, -0.2) is 4.98 Å². The van der Waals surface area contributed by atoms with Gasteiger partial charge in [0.2, 0.25) is 0 Å². The molecule has 2 rings (SSSR count). The van der Waals surface area contributed by atoms with Gasteiger partial charge in [-0.15, -0.1) is 0 Å². The molecule has 2 N–H and O–H groups in total. The molecule has 0 radical (unpaired) electrons. The molecule has 1 aliphatic heterocycles. The fourth-order valence-corrected chi connectivity index (χ4v) is 2.25. The van der Waals surface area contributed by atoms with Crippen molar-refractivity contribution in [3.8, 4) is 5.75 Å². The number of hydrogen-bond donors (Lipinski definition) is 2. The monoisotopic (exact) mass is 235 g/mol. The second-order valence-electron chi connectivity index (χ2n) is 4.46. The Kier molecular flexibility index (Phi) is 4.62. The average molecular weight is 235 g/mol. The van der Waals surface area contributed by atoms with Gasteiger partial charge in [0.15, 0.2) is 11.6 Å². The second kappa shape index (κ2) is 6.45. The summed E-state index contributed by atoms with van der Waals surface area (Å²) in [6.45, 7) is 3.30. The quantitative estimate of drug-likeness (QED) is 0.818. The smallest absolute Gasteiger partial charge is 0.168 e. The molecule has 0 aromatic carbocycles. The van der Waals surface area contributed by atoms with Crippen molar-refractivity contribution in [1.29, 1.82) is 0 Å². The Morgan fingerprint density at radius 1 is 1.47 bits per heavy atom. The number of rotatable bonds is 5. The summed E-state index contributed by atoms with van der Waals surface area (Å²) in [6.07, 6.45) is 5.58. The van der Waals surface area contributed by atoms with E-state index in [9.17, 15) is 0 Å². The molecule has 4 heteroatoms. The Morgan fingerprint density at radius 2 is 2.29 bits per heavy atom. The highest BCUT2D eigenvalue weighted by Crippen LogP contribution is 2.21. The van der Waals surface area contributed by atoms with Crippen molar-refractivity contribution >= 4 is 5.82 Å². The number of pyridine rings is 1. The summed E-state index contributed by atoms with van der Waals surface area (Å²) in [4.78, 5) is 4.28. The number of methoxy groups -OCH3 is 1. The fourth-order valence-electron chi connectivity index (χ4n) is 2.25. The van der Waals surface area contributed by atoms with Crippen LogP contribution < -0.4 is 15.4 Å².